The van der Waals surface area contributed by atoms with Gasteiger partial charge >= 0.3 is 0 Å². The minimum Gasteiger partial charge on any atom is -0.326 e. The maximum absolute atomic E-state index is 12.0. The molecule has 1 N–H and O–H groups in total. The molecule has 0 atom stereocenters. The molecule has 18 heavy (non-hydrogen) atoms. The van der Waals surface area contributed by atoms with Crippen molar-refractivity contribution < 1.29 is 4.79 Å². The Morgan fingerprint density at radius 3 is 2.44 bits per heavy atom. The molecule has 0 bridgehead atoms. The van der Waals surface area contributed by atoms with E-state index in [1.165, 1.54) is 25.7 Å². The van der Waals surface area contributed by atoms with Gasteiger partial charge in [-0.1, -0.05) is 43.9 Å². The molecular formula is C16H23NO. The van der Waals surface area contributed by atoms with Gasteiger partial charge in [0.25, 0.3) is 0 Å². The number of hydrogen-bond donors (Lipinski definition) is 1. The van der Waals surface area contributed by atoms with Crippen molar-refractivity contribution in [2.24, 2.45) is 5.92 Å². The van der Waals surface area contributed by atoms with Gasteiger partial charge in [-0.05, 0) is 37.3 Å². The Hall–Kier alpha value is -1.31. The average molecular weight is 245 g/mol. The number of aryl methyl sites for hydroxylation is 2. The second-order valence-corrected chi connectivity index (χ2v) is 5.50. The number of rotatable bonds is 4. The van der Waals surface area contributed by atoms with Crippen molar-refractivity contribution in [2.45, 2.75) is 52.4 Å². The third-order valence-electron chi connectivity index (χ3n) is 4.00. The molecule has 0 saturated heterocycles. The number of carbonyl (C=O) groups is 1. The van der Waals surface area contributed by atoms with Gasteiger partial charge in [-0.25, -0.2) is 0 Å². The zero-order valence-electron chi connectivity index (χ0n) is 11.5. The molecule has 1 saturated carbocycles. The lowest BCUT2D eigenvalue weighted by Gasteiger charge is -2.12. The van der Waals surface area contributed by atoms with Gasteiger partial charge in [-0.15, -0.1) is 0 Å². The van der Waals surface area contributed by atoms with Crippen molar-refractivity contribution >= 4 is 11.6 Å². The second kappa shape index (κ2) is 6.03. The number of carbonyl (C=O) groups excluding carboxylic acids is 1. The predicted molar refractivity (Wildman–Crippen MR) is 75.7 cm³/mol. The van der Waals surface area contributed by atoms with Crippen molar-refractivity contribution in [1.82, 2.24) is 0 Å². The average Bonchev–Trinajstić information content (AvgIpc) is 2.84. The van der Waals surface area contributed by atoms with Crippen molar-refractivity contribution in [2.75, 3.05) is 5.32 Å². The third kappa shape index (κ3) is 3.34. The molecule has 1 aromatic carbocycles. The number of benzene rings is 1. The number of nitrogens with one attached hydrogen (secondary N) is 1. The number of anilines is 1. The quantitative estimate of drug-likeness (QED) is 0.845. The summed E-state index contributed by atoms with van der Waals surface area (Å²) in [5.74, 6) is 0.952. The van der Waals surface area contributed by atoms with Crippen LogP contribution in [0.25, 0.3) is 0 Å². The fourth-order valence-corrected chi connectivity index (χ4v) is 2.85. The van der Waals surface area contributed by atoms with Gasteiger partial charge in [0.2, 0.25) is 5.91 Å². The highest BCUT2D eigenvalue weighted by Crippen LogP contribution is 2.28. The summed E-state index contributed by atoms with van der Waals surface area (Å²) in [6.07, 6.45) is 7.05. The van der Waals surface area contributed by atoms with Crippen LogP contribution in [0, 0.1) is 19.8 Å². The Labute approximate surface area is 110 Å². The Balaban J connectivity index is 1.86. The maximum Gasteiger partial charge on any atom is 0.224 e. The van der Waals surface area contributed by atoms with E-state index in [2.05, 4.69) is 5.32 Å². The van der Waals surface area contributed by atoms with Gasteiger partial charge in [0.15, 0.2) is 0 Å². The summed E-state index contributed by atoms with van der Waals surface area (Å²) in [6, 6.07) is 6.11. The van der Waals surface area contributed by atoms with Crippen molar-refractivity contribution in [3.05, 3.63) is 29.3 Å². The molecule has 1 aliphatic carbocycles. The van der Waals surface area contributed by atoms with Gasteiger partial charge in [0, 0.05) is 12.1 Å². The second-order valence-electron chi connectivity index (χ2n) is 5.50. The molecule has 2 heteroatoms. The highest BCUT2D eigenvalue weighted by molar-refractivity contribution is 5.92. The first-order valence-electron chi connectivity index (χ1n) is 7.03. The Morgan fingerprint density at radius 2 is 1.83 bits per heavy atom. The van der Waals surface area contributed by atoms with E-state index >= 15 is 0 Å². The lowest BCUT2D eigenvalue weighted by atomic mass is 10.0. The minimum atomic E-state index is 0.166. The number of hydrogen-bond acceptors (Lipinski definition) is 1. The highest BCUT2D eigenvalue weighted by atomic mass is 16.1. The minimum absolute atomic E-state index is 0.166. The first-order valence-corrected chi connectivity index (χ1v) is 7.03. The summed E-state index contributed by atoms with van der Waals surface area (Å²) in [4.78, 5) is 12.0. The largest absolute Gasteiger partial charge is 0.326 e. The molecule has 0 radical (unpaired) electrons. The molecule has 98 valence electrons. The summed E-state index contributed by atoms with van der Waals surface area (Å²) in [6.45, 7) is 4.08. The van der Waals surface area contributed by atoms with Crippen LogP contribution in [-0.4, -0.2) is 5.91 Å². The van der Waals surface area contributed by atoms with E-state index in [1.54, 1.807) is 0 Å². The van der Waals surface area contributed by atoms with Crippen molar-refractivity contribution in [1.29, 1.82) is 0 Å². The molecule has 1 fully saturated rings. The molecule has 1 aromatic rings. The molecule has 2 rings (SSSR count). The zero-order valence-corrected chi connectivity index (χ0v) is 11.5. The van der Waals surface area contributed by atoms with Gasteiger partial charge in [-0.3, -0.25) is 4.79 Å². The van der Waals surface area contributed by atoms with Crippen LogP contribution < -0.4 is 5.32 Å². The first kappa shape index (κ1) is 13.1. The SMILES string of the molecule is Cc1cccc(C)c1NC(=O)CCC1CCCC1. The van der Waals surface area contributed by atoms with Crippen LogP contribution >= 0.6 is 0 Å². The monoisotopic (exact) mass is 245 g/mol. The van der Waals surface area contributed by atoms with E-state index in [9.17, 15) is 4.79 Å². The summed E-state index contributed by atoms with van der Waals surface area (Å²) in [5, 5.41) is 3.06. The van der Waals surface area contributed by atoms with E-state index in [-0.39, 0.29) is 5.91 Å². The number of amides is 1. The van der Waals surface area contributed by atoms with E-state index < -0.39 is 0 Å². The highest BCUT2D eigenvalue weighted by Gasteiger charge is 2.16. The van der Waals surface area contributed by atoms with Gasteiger partial charge in [-0.2, -0.15) is 0 Å². The lowest BCUT2D eigenvalue weighted by molar-refractivity contribution is -0.116. The van der Waals surface area contributed by atoms with Gasteiger partial charge in [0.05, 0.1) is 0 Å². The molecule has 0 spiro atoms. The van der Waals surface area contributed by atoms with Crippen molar-refractivity contribution in [3.63, 3.8) is 0 Å². The molecule has 0 heterocycles. The van der Waals surface area contributed by atoms with Gasteiger partial charge in [0.1, 0.15) is 0 Å². The summed E-state index contributed by atoms with van der Waals surface area (Å²) < 4.78 is 0. The van der Waals surface area contributed by atoms with E-state index in [0.717, 1.165) is 29.2 Å². The van der Waals surface area contributed by atoms with E-state index in [1.807, 2.05) is 32.0 Å². The lowest BCUT2D eigenvalue weighted by Crippen LogP contribution is -2.14. The van der Waals surface area contributed by atoms with E-state index in [0.29, 0.717) is 6.42 Å². The fraction of sp³-hybridized carbons (Fsp3) is 0.562. The van der Waals surface area contributed by atoms with Gasteiger partial charge < -0.3 is 5.32 Å². The smallest absolute Gasteiger partial charge is 0.224 e. The molecule has 0 unspecified atom stereocenters. The molecule has 2 nitrogen and oxygen atoms in total. The van der Waals surface area contributed by atoms with Crippen LogP contribution in [0.3, 0.4) is 0 Å². The zero-order chi connectivity index (χ0) is 13.0. The normalized spacial score (nSPS) is 15.9. The predicted octanol–water partition coefficient (Wildman–Crippen LogP) is 4.21. The summed E-state index contributed by atoms with van der Waals surface area (Å²) in [5.41, 5.74) is 3.28. The first-order chi connectivity index (χ1) is 8.66. The molecule has 0 aliphatic heterocycles. The standard InChI is InChI=1S/C16H23NO/c1-12-6-5-7-13(2)16(12)17-15(18)11-10-14-8-3-4-9-14/h5-7,14H,3-4,8-11H2,1-2H3,(H,17,18). The Bertz CT molecular complexity index is 399. The van der Waals surface area contributed by atoms with Crippen LogP contribution in [0.2, 0.25) is 0 Å². The Morgan fingerprint density at radius 1 is 1.22 bits per heavy atom. The van der Waals surface area contributed by atoms with Crippen molar-refractivity contribution in [3.8, 4) is 0 Å². The van der Waals surface area contributed by atoms with E-state index in [4.69, 9.17) is 0 Å². The van der Waals surface area contributed by atoms with Crippen LogP contribution in [0.1, 0.15) is 49.7 Å². The number of para-hydroxylation sites is 1. The Kier molecular flexibility index (Phi) is 4.40. The van der Waals surface area contributed by atoms with Crippen LogP contribution in [0.15, 0.2) is 18.2 Å². The van der Waals surface area contributed by atoms with Crippen LogP contribution in [0.4, 0.5) is 5.69 Å². The fourth-order valence-electron chi connectivity index (χ4n) is 2.85. The van der Waals surface area contributed by atoms with Crippen LogP contribution in [-0.2, 0) is 4.79 Å². The molecule has 1 amide bonds. The molecular weight excluding hydrogens is 222 g/mol. The topological polar surface area (TPSA) is 29.1 Å². The molecule has 1 aliphatic rings. The summed E-state index contributed by atoms with van der Waals surface area (Å²) >= 11 is 0. The van der Waals surface area contributed by atoms with Crippen LogP contribution in [0.5, 0.6) is 0 Å². The maximum atomic E-state index is 12.0. The third-order valence-corrected chi connectivity index (χ3v) is 4.00. The molecule has 0 aromatic heterocycles. The summed E-state index contributed by atoms with van der Waals surface area (Å²) in [7, 11) is 0.